The van der Waals surface area contributed by atoms with Gasteiger partial charge < -0.3 is 19.6 Å². The summed E-state index contributed by atoms with van der Waals surface area (Å²) in [6, 6.07) is 17.6. The molecule has 0 aliphatic carbocycles. The molecule has 7 nitrogen and oxygen atoms in total. The number of aliphatic hydroxyl groups excluding tert-OH is 1. The molecule has 2 aromatic heterocycles. The molecule has 4 aromatic rings. The third kappa shape index (κ3) is 7.28. The van der Waals surface area contributed by atoms with Crippen molar-refractivity contribution < 1.29 is 14.6 Å². The van der Waals surface area contributed by atoms with Gasteiger partial charge in [-0.3, -0.25) is 9.69 Å². The number of amides is 1. The highest BCUT2D eigenvalue weighted by atomic mass is 35.5. The predicted molar refractivity (Wildman–Crippen MR) is 166 cm³/mol. The van der Waals surface area contributed by atoms with E-state index in [0.29, 0.717) is 29.3 Å². The molecule has 2 aromatic carbocycles. The van der Waals surface area contributed by atoms with Crippen molar-refractivity contribution in [3.63, 3.8) is 0 Å². The average Bonchev–Trinajstić information content (AvgIpc) is 3.57. The standard InChI is InChI=1S/C32H37ClN4O3.CH4/c1-21(2)40-30-13-12-25(17-28(30)33)32(39)34-26(18-36-14-5-7-27(36)20-38)16-23-8-10-24(11-9-23)29-19-37-15-4-6-22(3)31(37)35-29;/h4,6,8-13,15,17,19,21,26-27,38H,5,7,14,16,18,20H2,1-3H3,(H,34,39);1H4/t26-,27-;/m0./s1. The van der Waals surface area contributed by atoms with Crippen LogP contribution >= 0.6 is 11.6 Å². The normalized spacial score (nSPS) is 16.1. The average molecular weight is 577 g/mol. The Labute approximate surface area is 248 Å². The lowest BCUT2D eigenvalue weighted by Gasteiger charge is -2.29. The number of ether oxygens (including phenoxy) is 1. The summed E-state index contributed by atoms with van der Waals surface area (Å²) >= 11 is 6.41. The zero-order valence-corrected chi connectivity index (χ0v) is 24.1. The summed E-state index contributed by atoms with van der Waals surface area (Å²) in [6.07, 6.45) is 6.73. The van der Waals surface area contributed by atoms with Crippen LogP contribution < -0.4 is 10.1 Å². The zero-order valence-electron chi connectivity index (χ0n) is 23.3. The maximum absolute atomic E-state index is 13.3. The van der Waals surface area contributed by atoms with Crippen LogP contribution in [0.2, 0.25) is 5.02 Å². The highest BCUT2D eigenvalue weighted by Gasteiger charge is 2.27. The van der Waals surface area contributed by atoms with Crippen molar-refractivity contribution in [2.45, 2.75) is 65.6 Å². The molecule has 3 heterocycles. The summed E-state index contributed by atoms with van der Waals surface area (Å²) in [6.45, 7) is 7.63. The molecule has 1 fully saturated rings. The molecule has 218 valence electrons. The Kier molecular flexibility index (Phi) is 10.1. The molecule has 8 heteroatoms. The topological polar surface area (TPSA) is 79.1 Å². The fourth-order valence-electron chi connectivity index (χ4n) is 5.44. The van der Waals surface area contributed by atoms with Crippen LogP contribution in [0.1, 0.15) is 55.6 Å². The van der Waals surface area contributed by atoms with Crippen LogP contribution in [0.25, 0.3) is 16.9 Å². The fraction of sp³-hybridized carbons (Fsp3) is 0.394. The van der Waals surface area contributed by atoms with Crippen molar-refractivity contribution >= 4 is 23.2 Å². The summed E-state index contributed by atoms with van der Waals surface area (Å²) in [5.74, 6) is 0.382. The van der Waals surface area contributed by atoms with Gasteiger partial charge in [-0.2, -0.15) is 0 Å². The molecule has 1 aliphatic rings. The first-order valence-corrected chi connectivity index (χ1v) is 14.3. The zero-order chi connectivity index (χ0) is 28.2. The number of imidazole rings is 1. The molecule has 1 saturated heterocycles. The molecule has 5 rings (SSSR count). The monoisotopic (exact) mass is 576 g/mol. The number of carbonyl (C=O) groups is 1. The van der Waals surface area contributed by atoms with E-state index < -0.39 is 0 Å². The number of rotatable bonds is 10. The van der Waals surface area contributed by atoms with E-state index in [1.54, 1.807) is 18.2 Å². The van der Waals surface area contributed by atoms with Crippen LogP contribution in [0, 0.1) is 6.92 Å². The number of likely N-dealkylation sites (tertiary alicyclic amines) is 1. The number of carbonyl (C=O) groups excluding carboxylic acids is 1. The Bertz CT molecular complexity index is 1470. The number of aryl methyl sites for hydroxylation is 1. The van der Waals surface area contributed by atoms with Gasteiger partial charge in [0.05, 0.1) is 23.4 Å². The Morgan fingerprint density at radius 2 is 1.98 bits per heavy atom. The van der Waals surface area contributed by atoms with Gasteiger partial charge in [0.1, 0.15) is 11.4 Å². The second kappa shape index (κ2) is 13.5. The summed E-state index contributed by atoms with van der Waals surface area (Å²) in [5.41, 5.74) is 5.67. The summed E-state index contributed by atoms with van der Waals surface area (Å²) in [7, 11) is 0. The summed E-state index contributed by atoms with van der Waals surface area (Å²) in [5, 5.41) is 13.5. The Morgan fingerprint density at radius 3 is 2.66 bits per heavy atom. The summed E-state index contributed by atoms with van der Waals surface area (Å²) < 4.78 is 7.76. The molecule has 0 unspecified atom stereocenters. The molecule has 41 heavy (non-hydrogen) atoms. The smallest absolute Gasteiger partial charge is 0.251 e. The second-order valence-corrected chi connectivity index (χ2v) is 11.3. The van der Waals surface area contributed by atoms with Gasteiger partial charge in [-0.05, 0) is 82.0 Å². The minimum Gasteiger partial charge on any atom is -0.489 e. The lowest BCUT2D eigenvalue weighted by Crippen LogP contribution is -2.47. The van der Waals surface area contributed by atoms with Crippen molar-refractivity contribution in [2.24, 2.45) is 0 Å². The molecule has 0 spiro atoms. The van der Waals surface area contributed by atoms with Crippen molar-refractivity contribution in [1.82, 2.24) is 19.6 Å². The van der Waals surface area contributed by atoms with E-state index >= 15 is 0 Å². The van der Waals surface area contributed by atoms with Gasteiger partial charge in [-0.15, -0.1) is 0 Å². The number of hydrogen-bond donors (Lipinski definition) is 2. The maximum atomic E-state index is 13.3. The Balaban J connectivity index is 0.00000387. The SMILES string of the molecule is C.Cc1cccn2cc(-c3ccc(C[C@@H](CN4CCC[C@H]4CO)NC(=O)c4ccc(OC(C)C)c(Cl)c4)cc3)nc12. The van der Waals surface area contributed by atoms with Gasteiger partial charge in [0.2, 0.25) is 0 Å². The van der Waals surface area contributed by atoms with Crippen LogP contribution in [-0.2, 0) is 6.42 Å². The number of aromatic nitrogens is 2. The number of nitrogens with one attached hydrogen (secondary N) is 1. The molecular weight excluding hydrogens is 536 g/mol. The molecule has 0 bridgehead atoms. The lowest BCUT2D eigenvalue weighted by atomic mass is 10.0. The highest BCUT2D eigenvalue weighted by molar-refractivity contribution is 6.32. The van der Waals surface area contributed by atoms with Crippen LogP contribution in [0.15, 0.2) is 67.0 Å². The molecule has 0 saturated carbocycles. The number of halogens is 1. The molecule has 2 N–H and O–H groups in total. The van der Waals surface area contributed by atoms with Crippen LogP contribution in [0.4, 0.5) is 0 Å². The van der Waals surface area contributed by atoms with Crippen LogP contribution in [0.3, 0.4) is 0 Å². The van der Waals surface area contributed by atoms with Crippen LogP contribution in [-0.4, -0.2) is 63.2 Å². The molecule has 1 aliphatic heterocycles. The largest absolute Gasteiger partial charge is 0.489 e. The number of hydrogen-bond acceptors (Lipinski definition) is 5. The first-order chi connectivity index (χ1) is 19.3. The van der Waals surface area contributed by atoms with Gasteiger partial charge in [0.25, 0.3) is 5.91 Å². The van der Waals surface area contributed by atoms with Gasteiger partial charge >= 0.3 is 0 Å². The van der Waals surface area contributed by atoms with Crippen molar-refractivity contribution in [3.8, 4) is 17.0 Å². The van der Waals surface area contributed by atoms with E-state index in [1.165, 1.54) is 0 Å². The van der Waals surface area contributed by atoms with Gasteiger partial charge in [0, 0.05) is 42.1 Å². The second-order valence-electron chi connectivity index (χ2n) is 10.9. The van der Waals surface area contributed by atoms with Gasteiger partial charge in [0.15, 0.2) is 0 Å². The maximum Gasteiger partial charge on any atom is 0.251 e. The first-order valence-electron chi connectivity index (χ1n) is 14.0. The molecule has 2 atom stereocenters. The number of aliphatic hydroxyl groups is 1. The first kappa shape index (κ1) is 30.6. The quantitative estimate of drug-likeness (QED) is 0.235. The van der Waals surface area contributed by atoms with E-state index in [4.69, 9.17) is 21.3 Å². The third-order valence-electron chi connectivity index (χ3n) is 7.47. The summed E-state index contributed by atoms with van der Waals surface area (Å²) in [4.78, 5) is 20.4. The Morgan fingerprint density at radius 1 is 1.20 bits per heavy atom. The Hall–Kier alpha value is -3.39. The fourth-order valence-corrected chi connectivity index (χ4v) is 5.66. The number of pyridine rings is 1. The number of fused-ring (bicyclic) bond motifs is 1. The van der Waals surface area contributed by atoms with Gasteiger partial charge in [-0.1, -0.05) is 49.4 Å². The molecule has 0 radical (unpaired) electrons. The highest BCUT2D eigenvalue weighted by Crippen LogP contribution is 2.27. The van der Waals surface area contributed by atoms with Crippen molar-refractivity contribution in [3.05, 3.63) is 88.7 Å². The van der Waals surface area contributed by atoms with Crippen molar-refractivity contribution in [2.75, 3.05) is 19.7 Å². The minimum absolute atomic E-state index is 0. The van der Waals surface area contributed by atoms with Gasteiger partial charge in [-0.25, -0.2) is 4.98 Å². The molecule has 1 amide bonds. The molecular formula is C33H41ClN4O3. The van der Waals surface area contributed by atoms with E-state index in [-0.39, 0.29) is 38.1 Å². The number of nitrogens with zero attached hydrogens (tertiary/aromatic N) is 3. The van der Waals surface area contributed by atoms with Crippen molar-refractivity contribution in [1.29, 1.82) is 0 Å². The minimum atomic E-state index is -0.181. The van der Waals surface area contributed by atoms with E-state index in [1.807, 2.05) is 36.7 Å². The third-order valence-corrected chi connectivity index (χ3v) is 7.76. The lowest BCUT2D eigenvalue weighted by molar-refractivity contribution is 0.0912. The number of benzene rings is 2. The van der Waals surface area contributed by atoms with E-state index in [9.17, 15) is 9.90 Å². The van der Waals surface area contributed by atoms with Crippen LogP contribution in [0.5, 0.6) is 5.75 Å². The van der Waals surface area contributed by atoms with E-state index in [0.717, 1.165) is 47.4 Å². The predicted octanol–water partition coefficient (Wildman–Crippen LogP) is 6.18. The van der Waals surface area contributed by atoms with E-state index in [2.05, 4.69) is 47.5 Å².